The number of anilines is 1. The smallest absolute Gasteiger partial charge is 0.227 e. The van der Waals surface area contributed by atoms with Gasteiger partial charge in [-0.3, -0.25) is 4.79 Å². The van der Waals surface area contributed by atoms with Gasteiger partial charge in [-0.15, -0.1) is 0 Å². The minimum Gasteiger partial charge on any atom is -0.370 e. The lowest BCUT2D eigenvalue weighted by molar-refractivity contribution is -0.122. The number of nitrogens with two attached hydrogens (primary N) is 1. The first kappa shape index (κ1) is 16.2. The lowest BCUT2D eigenvalue weighted by Crippen LogP contribution is -2.42. The molecule has 1 aromatic rings. The first-order valence-electron chi connectivity index (χ1n) is 8.25. The van der Waals surface area contributed by atoms with E-state index in [1.54, 1.807) is 0 Å². The van der Waals surface area contributed by atoms with E-state index in [1.165, 1.54) is 6.42 Å². The molecule has 0 radical (unpaired) electrons. The molecule has 6 heteroatoms. The summed E-state index contributed by atoms with van der Waals surface area (Å²) in [7, 11) is 0. The summed E-state index contributed by atoms with van der Waals surface area (Å²) in [6.07, 6.45) is 3.20. The Hall–Kier alpha value is -1.69. The van der Waals surface area contributed by atoms with Crippen molar-refractivity contribution in [3.05, 3.63) is 29.8 Å². The van der Waals surface area contributed by atoms with Crippen LogP contribution in [0.25, 0.3) is 0 Å². The van der Waals surface area contributed by atoms with Gasteiger partial charge >= 0.3 is 0 Å². The van der Waals surface area contributed by atoms with Gasteiger partial charge in [0.15, 0.2) is 5.96 Å². The number of guanidine groups is 1. The molecule has 0 bridgehead atoms. The predicted octanol–water partition coefficient (Wildman–Crippen LogP) is 2.29. The van der Waals surface area contributed by atoms with Crippen molar-refractivity contribution >= 4 is 29.3 Å². The fourth-order valence-electron chi connectivity index (χ4n) is 2.73. The molecule has 1 heterocycles. The van der Waals surface area contributed by atoms with Crippen LogP contribution < -0.4 is 11.1 Å². The van der Waals surface area contributed by atoms with Gasteiger partial charge in [-0.1, -0.05) is 18.6 Å². The average Bonchev–Trinajstić information content (AvgIpc) is 2.52. The molecular formula is C17H24N4OS. The Labute approximate surface area is 141 Å². The number of carbonyl (C=O) groups excluding carboxylic acids is 1. The predicted molar refractivity (Wildman–Crippen MR) is 96.6 cm³/mol. The number of benzene rings is 1. The summed E-state index contributed by atoms with van der Waals surface area (Å²) in [6.45, 7) is 2.48. The van der Waals surface area contributed by atoms with Gasteiger partial charge in [0, 0.05) is 36.2 Å². The van der Waals surface area contributed by atoms with Gasteiger partial charge in [-0.2, -0.15) is 11.8 Å². The van der Waals surface area contributed by atoms with Crippen LogP contribution in [0.4, 0.5) is 5.69 Å². The Morgan fingerprint density at radius 2 is 2.13 bits per heavy atom. The van der Waals surface area contributed by atoms with Crippen LogP contribution in [0.1, 0.15) is 24.8 Å². The van der Waals surface area contributed by atoms with Crippen LogP contribution in [-0.4, -0.2) is 41.4 Å². The van der Waals surface area contributed by atoms with Gasteiger partial charge in [0.2, 0.25) is 5.91 Å². The summed E-state index contributed by atoms with van der Waals surface area (Å²) in [4.78, 5) is 18.6. The number of aliphatic imine (C=N–C) groups is 1. The SMILES string of the molecule is NC(=NCc1cccc(NC(=O)C2CCC2)c1)N1CCSCC1. The van der Waals surface area contributed by atoms with Crippen LogP contribution in [0.3, 0.4) is 0 Å². The third-order valence-electron chi connectivity index (χ3n) is 4.43. The lowest BCUT2D eigenvalue weighted by atomic mass is 9.85. The van der Waals surface area contributed by atoms with Crippen LogP contribution >= 0.6 is 11.8 Å². The van der Waals surface area contributed by atoms with E-state index in [2.05, 4.69) is 15.2 Å². The summed E-state index contributed by atoms with van der Waals surface area (Å²) in [5.41, 5.74) is 7.99. The second-order valence-electron chi connectivity index (χ2n) is 6.09. The first-order valence-corrected chi connectivity index (χ1v) is 9.40. The monoisotopic (exact) mass is 332 g/mol. The highest BCUT2D eigenvalue weighted by Crippen LogP contribution is 2.27. The molecule has 3 N–H and O–H groups in total. The quantitative estimate of drug-likeness (QED) is 0.655. The molecule has 2 fully saturated rings. The van der Waals surface area contributed by atoms with E-state index < -0.39 is 0 Å². The van der Waals surface area contributed by atoms with Crippen molar-refractivity contribution in [2.45, 2.75) is 25.8 Å². The van der Waals surface area contributed by atoms with E-state index in [9.17, 15) is 4.79 Å². The molecule has 0 unspecified atom stereocenters. The van der Waals surface area contributed by atoms with Crippen molar-refractivity contribution in [1.82, 2.24) is 4.90 Å². The first-order chi connectivity index (χ1) is 11.2. The van der Waals surface area contributed by atoms with Crippen molar-refractivity contribution in [2.75, 3.05) is 29.9 Å². The van der Waals surface area contributed by atoms with Crippen LogP contribution in [-0.2, 0) is 11.3 Å². The van der Waals surface area contributed by atoms with Crippen LogP contribution in [0.2, 0.25) is 0 Å². The van der Waals surface area contributed by atoms with E-state index in [0.717, 1.165) is 48.7 Å². The zero-order valence-electron chi connectivity index (χ0n) is 13.3. The van der Waals surface area contributed by atoms with Crippen LogP contribution in [0, 0.1) is 5.92 Å². The van der Waals surface area contributed by atoms with Gasteiger partial charge in [0.25, 0.3) is 0 Å². The molecule has 5 nitrogen and oxygen atoms in total. The molecule has 1 aliphatic carbocycles. The molecule has 124 valence electrons. The maximum absolute atomic E-state index is 12.0. The fourth-order valence-corrected chi connectivity index (χ4v) is 3.63. The second-order valence-corrected chi connectivity index (χ2v) is 7.32. The topological polar surface area (TPSA) is 70.7 Å². The number of carbonyl (C=O) groups is 1. The maximum atomic E-state index is 12.0. The Morgan fingerprint density at radius 1 is 1.35 bits per heavy atom. The van der Waals surface area contributed by atoms with Crippen LogP contribution in [0.5, 0.6) is 0 Å². The van der Waals surface area contributed by atoms with Gasteiger partial charge in [-0.25, -0.2) is 4.99 Å². The van der Waals surface area contributed by atoms with Gasteiger partial charge in [0.05, 0.1) is 6.54 Å². The number of nitrogens with one attached hydrogen (secondary N) is 1. The highest BCUT2D eigenvalue weighted by molar-refractivity contribution is 7.99. The summed E-state index contributed by atoms with van der Waals surface area (Å²) in [5.74, 6) is 3.18. The number of hydrogen-bond donors (Lipinski definition) is 2. The molecule has 1 amide bonds. The van der Waals surface area contributed by atoms with Crippen molar-refractivity contribution in [1.29, 1.82) is 0 Å². The second kappa shape index (κ2) is 7.73. The number of thioether (sulfide) groups is 1. The third kappa shape index (κ3) is 4.41. The van der Waals surface area contributed by atoms with E-state index in [4.69, 9.17) is 5.73 Å². The molecule has 23 heavy (non-hydrogen) atoms. The van der Waals surface area contributed by atoms with Gasteiger partial charge < -0.3 is 16.0 Å². The average molecular weight is 332 g/mol. The molecule has 1 saturated heterocycles. The van der Waals surface area contributed by atoms with E-state index in [1.807, 2.05) is 36.0 Å². The maximum Gasteiger partial charge on any atom is 0.227 e. The number of rotatable bonds is 4. The molecule has 1 saturated carbocycles. The van der Waals surface area contributed by atoms with Crippen molar-refractivity contribution < 1.29 is 4.79 Å². The molecule has 1 aliphatic heterocycles. The van der Waals surface area contributed by atoms with Gasteiger partial charge in [-0.05, 0) is 30.5 Å². The van der Waals surface area contributed by atoms with Crippen molar-refractivity contribution in [3.63, 3.8) is 0 Å². The summed E-state index contributed by atoms with van der Waals surface area (Å²) in [6, 6.07) is 7.88. The summed E-state index contributed by atoms with van der Waals surface area (Å²) >= 11 is 1.95. The molecule has 3 rings (SSSR count). The molecule has 0 aromatic heterocycles. The minimum absolute atomic E-state index is 0.141. The van der Waals surface area contributed by atoms with Crippen molar-refractivity contribution in [3.8, 4) is 0 Å². The standard InChI is InChI=1S/C17H24N4OS/c18-17(21-7-9-23-10-8-21)19-12-13-3-1-6-15(11-13)20-16(22)14-4-2-5-14/h1,3,6,11,14H,2,4-5,7-10,12H2,(H2,18,19)(H,20,22). The lowest BCUT2D eigenvalue weighted by Gasteiger charge is -2.27. The molecule has 0 spiro atoms. The molecule has 1 aromatic carbocycles. The zero-order chi connectivity index (χ0) is 16.1. The van der Waals surface area contributed by atoms with E-state index in [0.29, 0.717) is 12.5 Å². The Morgan fingerprint density at radius 3 is 2.83 bits per heavy atom. The molecular weight excluding hydrogens is 308 g/mol. The normalized spacial score (nSPS) is 19.3. The zero-order valence-corrected chi connectivity index (χ0v) is 14.1. The Balaban J connectivity index is 1.57. The van der Waals surface area contributed by atoms with E-state index >= 15 is 0 Å². The van der Waals surface area contributed by atoms with Crippen LogP contribution in [0.15, 0.2) is 29.3 Å². The number of amides is 1. The number of hydrogen-bond acceptors (Lipinski definition) is 3. The number of nitrogens with zero attached hydrogens (tertiary/aromatic N) is 2. The Bertz CT molecular complexity index is 580. The largest absolute Gasteiger partial charge is 0.370 e. The minimum atomic E-state index is 0.141. The highest BCUT2D eigenvalue weighted by Gasteiger charge is 2.25. The van der Waals surface area contributed by atoms with E-state index in [-0.39, 0.29) is 11.8 Å². The summed E-state index contributed by atoms with van der Waals surface area (Å²) < 4.78 is 0. The fraction of sp³-hybridized carbons (Fsp3) is 0.529. The Kier molecular flexibility index (Phi) is 5.43. The molecule has 0 atom stereocenters. The van der Waals surface area contributed by atoms with Crippen molar-refractivity contribution in [2.24, 2.45) is 16.6 Å². The highest BCUT2D eigenvalue weighted by atomic mass is 32.2. The van der Waals surface area contributed by atoms with Gasteiger partial charge in [0.1, 0.15) is 0 Å². The molecule has 2 aliphatic rings. The third-order valence-corrected chi connectivity index (χ3v) is 5.37. The summed E-state index contributed by atoms with van der Waals surface area (Å²) in [5, 5.41) is 3.00.